The van der Waals surface area contributed by atoms with Crippen LogP contribution >= 0.6 is 0 Å². The molecule has 0 saturated carbocycles. The van der Waals surface area contributed by atoms with Crippen LogP contribution in [0.3, 0.4) is 0 Å². The van der Waals surface area contributed by atoms with Gasteiger partial charge in [-0.15, -0.1) is 0 Å². The minimum absolute atomic E-state index is 0.0921. The van der Waals surface area contributed by atoms with E-state index < -0.39 is 11.9 Å². The average Bonchev–Trinajstić information content (AvgIpc) is 2.74. The second-order valence-corrected chi connectivity index (χ2v) is 6.15. The Balaban J connectivity index is 1.74. The molecular weight excluding hydrogens is 399 g/mol. The van der Waals surface area contributed by atoms with Crippen LogP contribution in [-0.2, 0) is 12.6 Å². The number of hydrogen-bond donors (Lipinski definition) is 4. The smallest absolute Gasteiger partial charge is 0.356 e. The molecule has 11 heteroatoms. The molecule has 0 fully saturated rings. The standard InChI is InChI=1S/C19H24F3N7O/c1-23-16(30)14-5-3-4-13(12-14)6-8-25-17(24-2)27-10-11-28-18-26-9-7-15(29-18)19(20,21)22/h3-5,7,9,12H,6,8,10-11H2,1-2H3,(H,23,30)(H2,24,25,27)(H,26,28,29). The lowest BCUT2D eigenvalue weighted by Crippen LogP contribution is -2.40. The van der Waals surface area contributed by atoms with Crippen molar-refractivity contribution in [3.8, 4) is 0 Å². The van der Waals surface area contributed by atoms with Gasteiger partial charge in [-0.3, -0.25) is 9.79 Å². The second-order valence-electron chi connectivity index (χ2n) is 6.15. The van der Waals surface area contributed by atoms with E-state index in [-0.39, 0.29) is 11.9 Å². The van der Waals surface area contributed by atoms with Gasteiger partial charge < -0.3 is 21.3 Å². The molecule has 0 bridgehead atoms. The lowest BCUT2D eigenvalue weighted by molar-refractivity contribution is -0.141. The highest BCUT2D eigenvalue weighted by Crippen LogP contribution is 2.27. The minimum atomic E-state index is -4.51. The van der Waals surface area contributed by atoms with Crippen LogP contribution in [0, 0.1) is 0 Å². The summed E-state index contributed by atoms with van der Waals surface area (Å²) in [5, 5.41) is 11.5. The Kier molecular flexibility index (Phi) is 8.39. The molecule has 0 spiro atoms. The Hall–Kier alpha value is -3.37. The SMILES string of the molecule is CN=C(NCCNc1nccc(C(F)(F)F)n1)NCCc1cccc(C(=O)NC)c1. The van der Waals surface area contributed by atoms with Gasteiger partial charge in [-0.2, -0.15) is 13.2 Å². The number of anilines is 1. The number of amides is 1. The van der Waals surface area contributed by atoms with Gasteiger partial charge in [0.2, 0.25) is 5.95 Å². The molecule has 1 aromatic heterocycles. The summed E-state index contributed by atoms with van der Waals surface area (Å²) in [5.41, 5.74) is 0.605. The van der Waals surface area contributed by atoms with Crippen molar-refractivity contribution in [2.45, 2.75) is 12.6 Å². The van der Waals surface area contributed by atoms with E-state index in [1.54, 1.807) is 20.2 Å². The highest BCUT2D eigenvalue weighted by molar-refractivity contribution is 5.94. The van der Waals surface area contributed by atoms with Crippen molar-refractivity contribution in [1.82, 2.24) is 25.9 Å². The number of carbonyl (C=O) groups is 1. The first-order valence-electron chi connectivity index (χ1n) is 9.23. The first-order chi connectivity index (χ1) is 14.3. The van der Waals surface area contributed by atoms with Gasteiger partial charge in [0, 0.05) is 45.5 Å². The molecule has 1 amide bonds. The number of halogens is 3. The van der Waals surface area contributed by atoms with Gasteiger partial charge in [-0.05, 0) is 30.2 Å². The zero-order chi connectivity index (χ0) is 22.0. The lowest BCUT2D eigenvalue weighted by Gasteiger charge is -2.13. The maximum absolute atomic E-state index is 12.7. The maximum Gasteiger partial charge on any atom is 0.433 e. The molecule has 2 aromatic rings. The van der Waals surface area contributed by atoms with E-state index in [1.165, 1.54) is 0 Å². The number of nitrogens with one attached hydrogen (secondary N) is 4. The van der Waals surface area contributed by atoms with Crippen LogP contribution in [0.15, 0.2) is 41.5 Å². The van der Waals surface area contributed by atoms with Crippen molar-refractivity contribution in [3.05, 3.63) is 53.3 Å². The van der Waals surface area contributed by atoms with Crippen LogP contribution in [0.1, 0.15) is 21.6 Å². The van der Waals surface area contributed by atoms with Gasteiger partial charge in [0.25, 0.3) is 5.91 Å². The zero-order valence-electron chi connectivity index (χ0n) is 16.7. The Labute approximate surface area is 172 Å². The van der Waals surface area contributed by atoms with E-state index in [2.05, 4.69) is 36.2 Å². The third kappa shape index (κ3) is 7.22. The molecule has 0 atom stereocenters. The van der Waals surface area contributed by atoms with Crippen molar-refractivity contribution in [2.24, 2.45) is 4.99 Å². The summed E-state index contributed by atoms with van der Waals surface area (Å²) in [5.74, 6) is 0.314. The Bertz CT molecular complexity index is 871. The van der Waals surface area contributed by atoms with E-state index in [9.17, 15) is 18.0 Å². The fourth-order valence-corrected chi connectivity index (χ4v) is 2.52. The first-order valence-corrected chi connectivity index (χ1v) is 9.23. The summed E-state index contributed by atoms with van der Waals surface area (Å²) >= 11 is 0. The highest BCUT2D eigenvalue weighted by atomic mass is 19.4. The second kappa shape index (κ2) is 11.0. The third-order valence-corrected chi connectivity index (χ3v) is 3.99. The molecule has 0 radical (unpaired) electrons. The predicted molar refractivity (Wildman–Crippen MR) is 108 cm³/mol. The number of nitrogens with zero attached hydrogens (tertiary/aromatic N) is 3. The summed E-state index contributed by atoms with van der Waals surface area (Å²) in [6.07, 6.45) is -2.77. The number of aromatic nitrogens is 2. The van der Waals surface area contributed by atoms with Crippen molar-refractivity contribution in [2.75, 3.05) is 39.0 Å². The normalized spacial score (nSPS) is 11.7. The first kappa shape index (κ1) is 22.9. The molecule has 1 heterocycles. The van der Waals surface area contributed by atoms with Crippen LogP contribution in [0.4, 0.5) is 19.1 Å². The Morgan fingerprint density at radius 2 is 1.90 bits per heavy atom. The van der Waals surface area contributed by atoms with E-state index in [0.29, 0.717) is 37.6 Å². The van der Waals surface area contributed by atoms with E-state index in [4.69, 9.17) is 0 Å². The molecule has 0 unspecified atom stereocenters. The number of carbonyl (C=O) groups excluding carboxylic acids is 1. The van der Waals surface area contributed by atoms with Crippen LogP contribution in [0.5, 0.6) is 0 Å². The van der Waals surface area contributed by atoms with Gasteiger partial charge in [0.05, 0.1) is 0 Å². The average molecular weight is 423 g/mol. The number of benzene rings is 1. The lowest BCUT2D eigenvalue weighted by atomic mass is 10.1. The number of guanidine groups is 1. The molecule has 162 valence electrons. The molecule has 2 rings (SSSR count). The number of aliphatic imine (C=N–C) groups is 1. The molecule has 8 nitrogen and oxygen atoms in total. The number of rotatable bonds is 8. The van der Waals surface area contributed by atoms with E-state index in [1.807, 2.05) is 18.2 Å². The summed E-state index contributed by atoms with van der Waals surface area (Å²) in [7, 11) is 3.20. The summed E-state index contributed by atoms with van der Waals surface area (Å²) < 4.78 is 38.0. The maximum atomic E-state index is 12.7. The summed E-state index contributed by atoms with van der Waals surface area (Å²) in [6.45, 7) is 1.28. The fraction of sp³-hybridized carbons (Fsp3) is 0.368. The molecule has 0 aliphatic heterocycles. The van der Waals surface area contributed by atoms with Gasteiger partial charge in [0.15, 0.2) is 5.96 Å². The Morgan fingerprint density at radius 1 is 1.13 bits per heavy atom. The van der Waals surface area contributed by atoms with E-state index >= 15 is 0 Å². The van der Waals surface area contributed by atoms with E-state index in [0.717, 1.165) is 17.8 Å². The number of alkyl halides is 3. The summed E-state index contributed by atoms with van der Waals surface area (Å²) in [6, 6.07) is 8.16. The van der Waals surface area contributed by atoms with Crippen LogP contribution in [0.2, 0.25) is 0 Å². The quantitative estimate of drug-likeness (QED) is 0.293. The zero-order valence-corrected chi connectivity index (χ0v) is 16.7. The largest absolute Gasteiger partial charge is 0.433 e. The third-order valence-electron chi connectivity index (χ3n) is 3.99. The monoisotopic (exact) mass is 423 g/mol. The molecule has 30 heavy (non-hydrogen) atoms. The molecule has 0 aliphatic carbocycles. The molecule has 0 saturated heterocycles. The molecule has 1 aromatic carbocycles. The topological polar surface area (TPSA) is 103 Å². The fourth-order valence-electron chi connectivity index (χ4n) is 2.52. The molecule has 4 N–H and O–H groups in total. The van der Waals surface area contributed by atoms with Crippen LogP contribution in [0.25, 0.3) is 0 Å². The Morgan fingerprint density at radius 3 is 2.60 bits per heavy atom. The van der Waals surface area contributed by atoms with Crippen molar-refractivity contribution < 1.29 is 18.0 Å². The van der Waals surface area contributed by atoms with Crippen LogP contribution in [-0.4, -0.2) is 55.6 Å². The van der Waals surface area contributed by atoms with Gasteiger partial charge in [0.1, 0.15) is 5.69 Å². The highest BCUT2D eigenvalue weighted by Gasteiger charge is 2.32. The predicted octanol–water partition coefficient (Wildman–Crippen LogP) is 1.67. The van der Waals surface area contributed by atoms with Crippen molar-refractivity contribution in [1.29, 1.82) is 0 Å². The van der Waals surface area contributed by atoms with Gasteiger partial charge >= 0.3 is 6.18 Å². The molecular formula is C19H24F3N7O. The van der Waals surface area contributed by atoms with Crippen molar-refractivity contribution >= 4 is 17.8 Å². The number of hydrogen-bond acceptors (Lipinski definition) is 5. The van der Waals surface area contributed by atoms with Gasteiger partial charge in [-0.1, -0.05) is 12.1 Å². The van der Waals surface area contributed by atoms with Crippen molar-refractivity contribution in [3.63, 3.8) is 0 Å². The minimum Gasteiger partial charge on any atom is -0.356 e. The van der Waals surface area contributed by atoms with Gasteiger partial charge in [-0.25, -0.2) is 9.97 Å². The summed E-state index contributed by atoms with van der Waals surface area (Å²) in [4.78, 5) is 23.0. The van der Waals surface area contributed by atoms with Crippen LogP contribution < -0.4 is 21.3 Å². The molecule has 0 aliphatic rings.